The fourth-order valence-corrected chi connectivity index (χ4v) is 4.23. The number of hydrazone groups is 1. The molecule has 0 spiro atoms. The zero-order chi connectivity index (χ0) is 21.6. The highest BCUT2D eigenvalue weighted by Gasteiger charge is 2.27. The Labute approximate surface area is 168 Å². The van der Waals surface area contributed by atoms with E-state index in [-0.39, 0.29) is 40.9 Å². The molecule has 2 aromatic rings. The summed E-state index contributed by atoms with van der Waals surface area (Å²) >= 11 is 0. The van der Waals surface area contributed by atoms with Crippen LogP contribution in [0, 0.1) is 10.1 Å². The van der Waals surface area contributed by atoms with Crippen LogP contribution in [0.5, 0.6) is 11.5 Å². The van der Waals surface area contributed by atoms with Crippen LogP contribution in [0.25, 0.3) is 0 Å². The van der Waals surface area contributed by atoms with Gasteiger partial charge in [0, 0.05) is 30.8 Å². The molecule has 0 aliphatic rings. The lowest BCUT2D eigenvalue weighted by Gasteiger charge is -2.20. The zero-order valence-corrected chi connectivity index (χ0v) is 17.0. The number of hydrogen-bond donors (Lipinski definition) is 2. The molecule has 2 aromatic carbocycles. The number of phenolic OH excluding ortho intramolecular Hbond substituents is 1. The van der Waals surface area contributed by atoms with Gasteiger partial charge in [-0.15, -0.1) is 0 Å². The summed E-state index contributed by atoms with van der Waals surface area (Å²) < 4.78 is 32.0. The SMILES string of the molecule is CCN(CC)S(=O)(=O)c1cc([N+](=O)[O-])ccc1NN=Cc1cccc(OC)c1O. The quantitative estimate of drug-likeness (QED) is 0.360. The molecule has 11 heteroatoms. The van der Waals surface area contributed by atoms with Crippen LogP contribution in [0.1, 0.15) is 19.4 Å². The van der Waals surface area contributed by atoms with Gasteiger partial charge in [0.15, 0.2) is 11.5 Å². The molecule has 0 radical (unpaired) electrons. The van der Waals surface area contributed by atoms with Gasteiger partial charge < -0.3 is 9.84 Å². The summed E-state index contributed by atoms with van der Waals surface area (Å²) in [5.74, 6) is 0.134. The minimum atomic E-state index is -3.98. The van der Waals surface area contributed by atoms with Crippen molar-refractivity contribution in [3.63, 3.8) is 0 Å². The maximum absolute atomic E-state index is 12.9. The van der Waals surface area contributed by atoms with E-state index in [1.54, 1.807) is 32.0 Å². The minimum Gasteiger partial charge on any atom is -0.504 e. The van der Waals surface area contributed by atoms with Gasteiger partial charge in [-0.1, -0.05) is 19.9 Å². The number of benzene rings is 2. The number of non-ortho nitro benzene ring substituents is 1. The Morgan fingerprint density at radius 1 is 1.28 bits per heavy atom. The normalized spacial score (nSPS) is 11.7. The molecule has 0 fully saturated rings. The summed E-state index contributed by atoms with van der Waals surface area (Å²) in [5.41, 5.74) is 2.65. The van der Waals surface area contributed by atoms with E-state index in [1.807, 2.05) is 0 Å². The number of phenols is 1. The Morgan fingerprint density at radius 3 is 2.55 bits per heavy atom. The molecule has 0 heterocycles. The number of methoxy groups -OCH3 is 1. The molecular formula is C18H22N4O6S. The summed E-state index contributed by atoms with van der Waals surface area (Å²) in [6.45, 7) is 3.77. The van der Waals surface area contributed by atoms with Crippen molar-refractivity contribution in [3.8, 4) is 11.5 Å². The van der Waals surface area contributed by atoms with E-state index < -0.39 is 14.9 Å². The second-order valence-electron chi connectivity index (χ2n) is 5.80. The van der Waals surface area contributed by atoms with Crippen LogP contribution >= 0.6 is 0 Å². The number of rotatable bonds is 9. The minimum absolute atomic E-state index is 0.0705. The first-order chi connectivity index (χ1) is 13.8. The van der Waals surface area contributed by atoms with Gasteiger partial charge >= 0.3 is 0 Å². The molecule has 0 atom stereocenters. The molecule has 0 unspecified atom stereocenters. The predicted molar refractivity (Wildman–Crippen MR) is 109 cm³/mol. The molecule has 0 bridgehead atoms. The van der Waals surface area contributed by atoms with E-state index in [0.717, 1.165) is 6.07 Å². The average Bonchev–Trinajstić information content (AvgIpc) is 2.70. The van der Waals surface area contributed by atoms with Crippen LogP contribution in [-0.4, -0.2) is 49.2 Å². The molecule has 0 aromatic heterocycles. The second kappa shape index (κ2) is 9.34. The highest BCUT2D eigenvalue weighted by molar-refractivity contribution is 7.89. The number of nitro benzene ring substituents is 1. The van der Waals surface area contributed by atoms with Gasteiger partial charge in [0.2, 0.25) is 10.0 Å². The van der Waals surface area contributed by atoms with E-state index >= 15 is 0 Å². The van der Waals surface area contributed by atoms with Crippen molar-refractivity contribution in [1.29, 1.82) is 0 Å². The van der Waals surface area contributed by atoms with E-state index in [9.17, 15) is 23.6 Å². The number of sulfonamides is 1. The van der Waals surface area contributed by atoms with Crippen LogP contribution in [-0.2, 0) is 10.0 Å². The maximum Gasteiger partial charge on any atom is 0.270 e. The first-order valence-electron chi connectivity index (χ1n) is 8.69. The molecule has 0 aliphatic heterocycles. The van der Waals surface area contributed by atoms with E-state index in [0.29, 0.717) is 5.56 Å². The predicted octanol–water partition coefficient (Wildman–Crippen LogP) is 2.79. The molecule has 29 heavy (non-hydrogen) atoms. The fraction of sp³-hybridized carbons (Fsp3) is 0.278. The van der Waals surface area contributed by atoms with Gasteiger partial charge in [-0.05, 0) is 18.2 Å². The fourth-order valence-electron chi connectivity index (χ4n) is 2.61. The van der Waals surface area contributed by atoms with Crippen molar-refractivity contribution in [2.24, 2.45) is 5.10 Å². The third-order valence-electron chi connectivity index (χ3n) is 4.14. The zero-order valence-electron chi connectivity index (χ0n) is 16.2. The first kappa shape index (κ1) is 22.1. The van der Waals surface area contributed by atoms with Gasteiger partial charge in [-0.2, -0.15) is 9.41 Å². The second-order valence-corrected chi connectivity index (χ2v) is 7.70. The number of aromatic hydroxyl groups is 1. The Bertz CT molecular complexity index is 1020. The van der Waals surface area contributed by atoms with Crippen molar-refractivity contribution in [3.05, 3.63) is 52.1 Å². The number of nitrogens with zero attached hydrogens (tertiary/aromatic N) is 3. The molecule has 2 rings (SSSR count). The standard InChI is InChI=1S/C18H22N4O6S/c1-4-21(5-2)29(26,27)17-11-14(22(24)25)9-10-15(17)20-19-12-13-7-6-8-16(28-3)18(13)23/h6-12,20,23H,4-5H2,1-3H3. The lowest BCUT2D eigenvalue weighted by atomic mass is 10.2. The smallest absolute Gasteiger partial charge is 0.270 e. The number of hydrogen-bond acceptors (Lipinski definition) is 8. The summed E-state index contributed by atoms with van der Waals surface area (Å²) in [6.07, 6.45) is 1.28. The van der Waals surface area contributed by atoms with Gasteiger partial charge in [0.1, 0.15) is 4.90 Å². The summed E-state index contributed by atoms with van der Waals surface area (Å²) in [6, 6.07) is 8.27. The molecule has 2 N–H and O–H groups in total. The van der Waals surface area contributed by atoms with Gasteiger partial charge in [0.25, 0.3) is 5.69 Å². The number of para-hydroxylation sites is 1. The average molecular weight is 422 g/mol. The lowest BCUT2D eigenvalue weighted by molar-refractivity contribution is -0.385. The van der Waals surface area contributed by atoms with Crippen LogP contribution < -0.4 is 10.2 Å². The molecule has 0 aliphatic carbocycles. The molecule has 10 nitrogen and oxygen atoms in total. The van der Waals surface area contributed by atoms with E-state index in [1.165, 1.54) is 29.8 Å². The summed E-state index contributed by atoms with van der Waals surface area (Å²) in [5, 5.41) is 25.2. The Kier molecular flexibility index (Phi) is 7.13. The van der Waals surface area contributed by atoms with Crippen LogP contribution in [0.3, 0.4) is 0 Å². The monoisotopic (exact) mass is 422 g/mol. The topological polar surface area (TPSA) is 134 Å². The van der Waals surface area contributed by atoms with Gasteiger partial charge in [-0.25, -0.2) is 8.42 Å². The number of nitrogens with one attached hydrogen (secondary N) is 1. The van der Waals surface area contributed by atoms with Crippen LogP contribution in [0.2, 0.25) is 0 Å². The lowest BCUT2D eigenvalue weighted by Crippen LogP contribution is -2.31. The number of ether oxygens (including phenoxy) is 1. The van der Waals surface area contributed by atoms with E-state index in [4.69, 9.17) is 4.74 Å². The maximum atomic E-state index is 12.9. The van der Waals surface area contributed by atoms with E-state index in [2.05, 4.69) is 10.5 Å². The van der Waals surface area contributed by atoms with Crippen molar-refractivity contribution in [2.75, 3.05) is 25.6 Å². The molecule has 0 saturated carbocycles. The Morgan fingerprint density at radius 2 is 1.97 bits per heavy atom. The number of nitro groups is 1. The Hall–Kier alpha value is -3.18. The van der Waals surface area contributed by atoms with Gasteiger partial charge in [0.05, 0.1) is 23.9 Å². The first-order valence-corrected chi connectivity index (χ1v) is 10.1. The highest BCUT2D eigenvalue weighted by Crippen LogP contribution is 2.30. The molecular weight excluding hydrogens is 400 g/mol. The van der Waals surface area contributed by atoms with Crippen molar-refractivity contribution >= 4 is 27.6 Å². The molecule has 0 saturated heterocycles. The molecule has 0 amide bonds. The van der Waals surface area contributed by atoms with Crippen LogP contribution in [0.15, 0.2) is 46.4 Å². The highest BCUT2D eigenvalue weighted by atomic mass is 32.2. The van der Waals surface area contributed by atoms with Crippen molar-refractivity contribution in [1.82, 2.24) is 4.31 Å². The third-order valence-corrected chi connectivity index (χ3v) is 6.23. The third kappa shape index (κ3) is 4.81. The summed E-state index contributed by atoms with van der Waals surface area (Å²) in [7, 11) is -2.57. The Balaban J connectivity index is 2.44. The number of anilines is 1. The largest absolute Gasteiger partial charge is 0.504 e. The van der Waals surface area contributed by atoms with Gasteiger partial charge in [-0.3, -0.25) is 15.5 Å². The van der Waals surface area contributed by atoms with Crippen molar-refractivity contribution in [2.45, 2.75) is 18.7 Å². The molecule has 156 valence electrons. The van der Waals surface area contributed by atoms with Crippen molar-refractivity contribution < 1.29 is 23.2 Å². The summed E-state index contributed by atoms with van der Waals surface area (Å²) in [4.78, 5) is 10.2. The van der Waals surface area contributed by atoms with Crippen LogP contribution in [0.4, 0.5) is 11.4 Å².